The zero-order valence-corrected chi connectivity index (χ0v) is 8.30. The molecule has 0 radical (unpaired) electrons. The zero-order valence-electron chi connectivity index (χ0n) is 8.30. The van der Waals surface area contributed by atoms with Crippen LogP contribution in [0.15, 0.2) is 36.0 Å². The average molecular weight is 183 g/mol. The standard InChI is InChI=1S/C13H13N/c1-9-5-6-10-3-2-4-12-13(10)11(7-9)8-14-12/h2-5,8,14H,6-7H2,1H3. The summed E-state index contributed by atoms with van der Waals surface area (Å²) in [6.45, 7) is 2.21. The Bertz CT molecular complexity index is 517. The molecule has 0 amide bonds. The molecule has 1 aromatic carbocycles. The van der Waals surface area contributed by atoms with Gasteiger partial charge >= 0.3 is 0 Å². The van der Waals surface area contributed by atoms with E-state index in [-0.39, 0.29) is 0 Å². The highest BCUT2D eigenvalue weighted by Gasteiger charge is 2.10. The molecule has 1 nitrogen and oxygen atoms in total. The van der Waals surface area contributed by atoms with Crippen LogP contribution in [-0.2, 0) is 12.8 Å². The van der Waals surface area contributed by atoms with Crippen LogP contribution < -0.4 is 0 Å². The van der Waals surface area contributed by atoms with Crippen molar-refractivity contribution in [2.24, 2.45) is 0 Å². The lowest BCUT2D eigenvalue weighted by Gasteiger charge is -1.99. The van der Waals surface area contributed by atoms with Gasteiger partial charge in [-0.15, -0.1) is 0 Å². The predicted octanol–water partition coefficient (Wildman–Crippen LogP) is 3.21. The van der Waals surface area contributed by atoms with Crippen molar-refractivity contribution in [1.29, 1.82) is 0 Å². The van der Waals surface area contributed by atoms with Crippen molar-refractivity contribution in [2.75, 3.05) is 0 Å². The SMILES string of the molecule is CC1=CCc2cccc3[nH]cc(c23)C1. The molecule has 14 heavy (non-hydrogen) atoms. The highest BCUT2D eigenvalue weighted by Crippen LogP contribution is 2.27. The molecule has 0 bridgehead atoms. The van der Waals surface area contributed by atoms with Crippen LogP contribution in [0.4, 0.5) is 0 Å². The van der Waals surface area contributed by atoms with Crippen LogP contribution >= 0.6 is 0 Å². The fourth-order valence-electron chi connectivity index (χ4n) is 2.30. The van der Waals surface area contributed by atoms with E-state index in [9.17, 15) is 0 Å². The van der Waals surface area contributed by atoms with E-state index in [1.54, 1.807) is 0 Å². The van der Waals surface area contributed by atoms with E-state index in [0.717, 1.165) is 12.8 Å². The van der Waals surface area contributed by atoms with Gasteiger partial charge in [0.2, 0.25) is 0 Å². The summed E-state index contributed by atoms with van der Waals surface area (Å²) in [5.41, 5.74) is 5.65. The topological polar surface area (TPSA) is 15.8 Å². The van der Waals surface area contributed by atoms with E-state index in [4.69, 9.17) is 0 Å². The first kappa shape index (κ1) is 7.86. The number of rotatable bonds is 0. The first-order valence-corrected chi connectivity index (χ1v) is 5.08. The average Bonchev–Trinajstić information content (AvgIpc) is 2.51. The molecule has 2 aromatic rings. The highest BCUT2D eigenvalue weighted by molar-refractivity contribution is 5.87. The van der Waals surface area contributed by atoms with E-state index in [2.05, 4.69) is 42.4 Å². The van der Waals surface area contributed by atoms with Crippen molar-refractivity contribution >= 4 is 10.9 Å². The maximum atomic E-state index is 3.34. The maximum Gasteiger partial charge on any atom is 0.0459 e. The fraction of sp³-hybridized carbons (Fsp3) is 0.231. The summed E-state index contributed by atoms with van der Waals surface area (Å²) in [7, 11) is 0. The predicted molar refractivity (Wildman–Crippen MR) is 59.5 cm³/mol. The molecule has 70 valence electrons. The number of allylic oxidation sites excluding steroid dienone is 2. The summed E-state index contributed by atoms with van der Waals surface area (Å²) < 4.78 is 0. The van der Waals surface area contributed by atoms with Crippen LogP contribution in [0.3, 0.4) is 0 Å². The molecular formula is C13H13N. The summed E-state index contributed by atoms with van der Waals surface area (Å²) in [5.74, 6) is 0. The Kier molecular flexibility index (Phi) is 1.54. The van der Waals surface area contributed by atoms with Crippen molar-refractivity contribution in [1.82, 2.24) is 4.98 Å². The second-order valence-corrected chi connectivity index (χ2v) is 4.08. The van der Waals surface area contributed by atoms with Gasteiger partial charge in [0, 0.05) is 17.1 Å². The van der Waals surface area contributed by atoms with Crippen molar-refractivity contribution in [2.45, 2.75) is 19.8 Å². The second kappa shape index (κ2) is 2.74. The summed E-state index contributed by atoms with van der Waals surface area (Å²) in [6.07, 6.45) is 6.66. The van der Waals surface area contributed by atoms with Gasteiger partial charge in [0.15, 0.2) is 0 Å². The maximum absolute atomic E-state index is 3.34. The van der Waals surface area contributed by atoms with Crippen molar-refractivity contribution in [3.05, 3.63) is 47.2 Å². The van der Waals surface area contributed by atoms with Crippen LogP contribution in [0.5, 0.6) is 0 Å². The lowest BCUT2D eigenvalue weighted by Crippen LogP contribution is -1.82. The van der Waals surface area contributed by atoms with Gasteiger partial charge in [-0.05, 0) is 37.0 Å². The molecule has 1 heteroatoms. The van der Waals surface area contributed by atoms with Crippen molar-refractivity contribution in [3.8, 4) is 0 Å². The monoisotopic (exact) mass is 183 g/mol. The minimum Gasteiger partial charge on any atom is -0.361 e. The first-order chi connectivity index (χ1) is 6.84. The summed E-state index contributed by atoms with van der Waals surface area (Å²) >= 11 is 0. The third kappa shape index (κ3) is 1.02. The molecule has 1 N–H and O–H groups in total. The minimum atomic E-state index is 1.08. The van der Waals surface area contributed by atoms with Gasteiger partial charge in [-0.1, -0.05) is 23.8 Å². The number of nitrogens with one attached hydrogen (secondary N) is 1. The molecule has 0 saturated carbocycles. The second-order valence-electron chi connectivity index (χ2n) is 4.08. The summed E-state index contributed by atoms with van der Waals surface area (Å²) in [6, 6.07) is 6.52. The molecule has 0 unspecified atom stereocenters. The minimum absolute atomic E-state index is 1.08. The van der Waals surface area contributed by atoms with Crippen LogP contribution in [-0.4, -0.2) is 4.98 Å². The Labute approximate surface area is 83.5 Å². The number of hydrogen-bond acceptors (Lipinski definition) is 0. The Morgan fingerprint density at radius 2 is 2.14 bits per heavy atom. The fourth-order valence-corrected chi connectivity index (χ4v) is 2.30. The van der Waals surface area contributed by atoms with E-state index in [1.807, 2.05) is 0 Å². The molecule has 1 aliphatic rings. The first-order valence-electron chi connectivity index (χ1n) is 5.08. The zero-order chi connectivity index (χ0) is 9.54. The van der Waals surface area contributed by atoms with Crippen molar-refractivity contribution in [3.63, 3.8) is 0 Å². The van der Waals surface area contributed by atoms with Gasteiger partial charge in [-0.25, -0.2) is 0 Å². The van der Waals surface area contributed by atoms with Gasteiger partial charge in [0.25, 0.3) is 0 Å². The molecular weight excluding hydrogens is 170 g/mol. The molecule has 0 saturated heterocycles. The Balaban J connectivity index is 2.37. The molecule has 0 atom stereocenters. The van der Waals surface area contributed by atoms with Crippen LogP contribution in [0.1, 0.15) is 18.1 Å². The van der Waals surface area contributed by atoms with Gasteiger partial charge in [0.1, 0.15) is 0 Å². The molecule has 3 rings (SSSR count). The summed E-state index contributed by atoms with van der Waals surface area (Å²) in [4.78, 5) is 3.34. The Hall–Kier alpha value is -1.50. The smallest absolute Gasteiger partial charge is 0.0459 e. The van der Waals surface area contributed by atoms with E-state index in [0.29, 0.717) is 0 Å². The normalized spacial score (nSPS) is 15.4. The molecule has 0 spiro atoms. The number of benzene rings is 1. The molecule has 1 aliphatic carbocycles. The lowest BCUT2D eigenvalue weighted by molar-refractivity contribution is 1.14. The third-order valence-corrected chi connectivity index (χ3v) is 3.01. The van der Waals surface area contributed by atoms with Gasteiger partial charge < -0.3 is 4.98 Å². The van der Waals surface area contributed by atoms with Crippen LogP contribution in [0, 0.1) is 0 Å². The number of hydrogen-bond donors (Lipinski definition) is 1. The van der Waals surface area contributed by atoms with Gasteiger partial charge in [-0.3, -0.25) is 0 Å². The number of aromatic nitrogens is 1. The molecule has 0 fully saturated rings. The van der Waals surface area contributed by atoms with Crippen molar-refractivity contribution < 1.29 is 0 Å². The largest absolute Gasteiger partial charge is 0.361 e. The molecule has 1 aromatic heterocycles. The van der Waals surface area contributed by atoms with Crippen LogP contribution in [0.2, 0.25) is 0 Å². The van der Waals surface area contributed by atoms with E-state index in [1.165, 1.54) is 27.6 Å². The van der Waals surface area contributed by atoms with Crippen LogP contribution in [0.25, 0.3) is 10.9 Å². The third-order valence-electron chi connectivity index (χ3n) is 3.01. The van der Waals surface area contributed by atoms with E-state index < -0.39 is 0 Å². The van der Waals surface area contributed by atoms with Gasteiger partial charge in [0.05, 0.1) is 0 Å². The highest BCUT2D eigenvalue weighted by atomic mass is 14.7. The Morgan fingerprint density at radius 3 is 3.07 bits per heavy atom. The molecule has 0 aliphatic heterocycles. The van der Waals surface area contributed by atoms with Gasteiger partial charge in [-0.2, -0.15) is 0 Å². The van der Waals surface area contributed by atoms with E-state index >= 15 is 0 Å². The Morgan fingerprint density at radius 1 is 1.21 bits per heavy atom. The number of aromatic amines is 1. The molecule has 1 heterocycles. The lowest BCUT2D eigenvalue weighted by atomic mass is 10.0. The quantitative estimate of drug-likeness (QED) is 0.604. The number of H-pyrrole nitrogens is 1. The summed E-state index contributed by atoms with van der Waals surface area (Å²) in [5, 5.41) is 1.44.